The van der Waals surface area contributed by atoms with Gasteiger partial charge in [-0.1, -0.05) is 11.6 Å². The molecule has 29 heavy (non-hydrogen) atoms. The predicted molar refractivity (Wildman–Crippen MR) is 108 cm³/mol. The minimum absolute atomic E-state index is 0.0103. The van der Waals surface area contributed by atoms with Gasteiger partial charge in [0, 0.05) is 30.6 Å². The molecule has 6 nitrogen and oxygen atoms in total. The van der Waals surface area contributed by atoms with Crippen LogP contribution in [0.5, 0.6) is 0 Å². The number of hydrogen-bond donors (Lipinski definition) is 2. The molecular weight excluding hydrogens is 395 g/mol. The summed E-state index contributed by atoms with van der Waals surface area (Å²) in [7, 11) is 0. The summed E-state index contributed by atoms with van der Waals surface area (Å²) in [6.45, 7) is 0. The Morgan fingerprint density at radius 1 is 1.14 bits per heavy atom. The second kappa shape index (κ2) is 8.21. The number of aromatic nitrogens is 2. The fourth-order valence-electron chi connectivity index (χ4n) is 3.71. The van der Waals surface area contributed by atoms with Crippen LogP contribution in [0.4, 0.5) is 10.1 Å². The molecule has 0 saturated heterocycles. The molecule has 2 heterocycles. The molecule has 0 spiro atoms. The van der Waals surface area contributed by atoms with E-state index in [2.05, 4.69) is 15.6 Å². The lowest BCUT2D eigenvalue weighted by molar-refractivity contribution is -0.120. The van der Waals surface area contributed by atoms with Crippen molar-refractivity contribution in [3.63, 3.8) is 0 Å². The van der Waals surface area contributed by atoms with E-state index in [4.69, 9.17) is 11.6 Å². The smallest absolute Gasteiger partial charge is 0.255 e. The fraction of sp³-hybridized carbons (Fsp3) is 0.286. The number of rotatable bonds is 4. The molecule has 0 radical (unpaired) electrons. The van der Waals surface area contributed by atoms with Crippen molar-refractivity contribution in [2.75, 3.05) is 5.32 Å². The number of anilines is 1. The number of amides is 2. The van der Waals surface area contributed by atoms with E-state index in [-0.39, 0.29) is 28.8 Å². The highest BCUT2D eigenvalue weighted by Gasteiger charge is 2.28. The number of hydrogen-bond acceptors (Lipinski definition) is 3. The molecule has 0 atom stereocenters. The van der Waals surface area contributed by atoms with Crippen molar-refractivity contribution < 1.29 is 14.0 Å². The van der Waals surface area contributed by atoms with Crippen LogP contribution in [0.2, 0.25) is 5.02 Å². The highest BCUT2D eigenvalue weighted by atomic mass is 35.5. The Labute approximate surface area is 172 Å². The summed E-state index contributed by atoms with van der Waals surface area (Å²) in [6.07, 6.45) is 8.02. The Kier molecular flexibility index (Phi) is 5.49. The maximum atomic E-state index is 13.1. The number of nitrogens with zero attached hydrogens (tertiary/aromatic N) is 2. The van der Waals surface area contributed by atoms with Crippen LogP contribution < -0.4 is 10.6 Å². The number of nitrogens with one attached hydrogen (secondary N) is 2. The summed E-state index contributed by atoms with van der Waals surface area (Å²) >= 11 is 5.98. The van der Waals surface area contributed by atoms with E-state index in [0.717, 1.165) is 0 Å². The molecule has 150 valence electrons. The van der Waals surface area contributed by atoms with Crippen LogP contribution in [-0.2, 0) is 4.79 Å². The van der Waals surface area contributed by atoms with E-state index in [1.54, 1.807) is 22.9 Å². The van der Waals surface area contributed by atoms with Gasteiger partial charge in [-0.15, -0.1) is 0 Å². The average Bonchev–Trinajstić information content (AvgIpc) is 3.19. The molecular formula is C21H20ClFN4O2. The van der Waals surface area contributed by atoms with Crippen LogP contribution >= 0.6 is 11.6 Å². The fourth-order valence-corrected chi connectivity index (χ4v) is 3.93. The molecule has 0 bridgehead atoms. The molecule has 1 aromatic carbocycles. The Morgan fingerprint density at radius 3 is 2.69 bits per heavy atom. The minimum atomic E-state index is -0.449. The molecule has 2 amide bonds. The van der Waals surface area contributed by atoms with Crippen molar-refractivity contribution in [1.82, 2.24) is 14.7 Å². The first-order chi connectivity index (χ1) is 14.0. The molecule has 2 N–H and O–H groups in total. The van der Waals surface area contributed by atoms with Gasteiger partial charge in [0.25, 0.3) is 5.91 Å². The van der Waals surface area contributed by atoms with Crippen molar-refractivity contribution >= 4 is 34.7 Å². The second-order valence-electron chi connectivity index (χ2n) is 7.22. The van der Waals surface area contributed by atoms with Gasteiger partial charge in [0.2, 0.25) is 5.91 Å². The number of pyridine rings is 1. The lowest BCUT2D eigenvalue weighted by Crippen LogP contribution is -2.39. The maximum absolute atomic E-state index is 13.1. The second-order valence-corrected chi connectivity index (χ2v) is 7.62. The van der Waals surface area contributed by atoms with Gasteiger partial charge in [-0.05, 0) is 56.0 Å². The van der Waals surface area contributed by atoms with Gasteiger partial charge >= 0.3 is 0 Å². The van der Waals surface area contributed by atoms with E-state index in [1.165, 1.54) is 18.2 Å². The quantitative estimate of drug-likeness (QED) is 0.676. The van der Waals surface area contributed by atoms with Crippen molar-refractivity contribution in [1.29, 1.82) is 0 Å². The lowest BCUT2D eigenvalue weighted by Gasteiger charge is -2.28. The first-order valence-electron chi connectivity index (χ1n) is 9.50. The summed E-state index contributed by atoms with van der Waals surface area (Å²) in [6, 6.07) is 7.46. The van der Waals surface area contributed by atoms with Crippen LogP contribution in [0.1, 0.15) is 36.0 Å². The van der Waals surface area contributed by atoms with Gasteiger partial charge in [-0.3, -0.25) is 9.59 Å². The number of halogens is 2. The van der Waals surface area contributed by atoms with Gasteiger partial charge in [-0.25, -0.2) is 9.37 Å². The third-order valence-electron chi connectivity index (χ3n) is 5.29. The van der Waals surface area contributed by atoms with Gasteiger partial charge in [0.1, 0.15) is 11.5 Å². The SMILES string of the molecule is O=C(N[C@H]1CC[C@H](C(=O)Nc2ccc(F)cc2Cl)CC1)c1cccn2ccnc12. The summed E-state index contributed by atoms with van der Waals surface area (Å²) in [4.78, 5) is 29.4. The van der Waals surface area contributed by atoms with Crippen LogP contribution in [0.15, 0.2) is 48.9 Å². The number of carbonyl (C=O) groups excluding carboxylic acids is 2. The van der Waals surface area contributed by atoms with E-state index < -0.39 is 5.82 Å². The molecule has 3 aromatic rings. The van der Waals surface area contributed by atoms with Gasteiger partial charge in [-0.2, -0.15) is 0 Å². The van der Waals surface area contributed by atoms with Crippen molar-refractivity contribution in [3.8, 4) is 0 Å². The average molecular weight is 415 g/mol. The third kappa shape index (κ3) is 4.24. The number of imidazole rings is 1. The van der Waals surface area contributed by atoms with E-state index in [0.29, 0.717) is 42.6 Å². The maximum Gasteiger partial charge on any atom is 0.255 e. The summed E-state index contributed by atoms with van der Waals surface area (Å²) in [5, 5.41) is 6.00. The molecule has 1 aliphatic carbocycles. The number of carbonyl (C=O) groups is 2. The van der Waals surface area contributed by atoms with Crippen LogP contribution in [0.3, 0.4) is 0 Å². The highest BCUT2D eigenvalue weighted by Crippen LogP contribution is 2.28. The van der Waals surface area contributed by atoms with Gasteiger partial charge in [0.05, 0.1) is 16.3 Å². The van der Waals surface area contributed by atoms with Crippen molar-refractivity contribution in [3.05, 3.63) is 65.3 Å². The molecule has 1 aliphatic rings. The third-order valence-corrected chi connectivity index (χ3v) is 5.60. The normalized spacial score (nSPS) is 19.1. The molecule has 2 aromatic heterocycles. The van der Waals surface area contributed by atoms with Gasteiger partial charge < -0.3 is 15.0 Å². The van der Waals surface area contributed by atoms with E-state index in [1.807, 2.05) is 12.3 Å². The van der Waals surface area contributed by atoms with E-state index >= 15 is 0 Å². The standard InChI is InChI=1S/C21H20ClFN4O2/c22-17-12-14(23)5-8-18(17)26-20(28)13-3-6-15(7-4-13)25-21(29)16-2-1-10-27-11-9-24-19(16)27/h1-2,5,8-13,15H,3-4,6-7H2,(H,25,29)(H,26,28)/t13-,15-. The predicted octanol–water partition coefficient (Wildman–Crippen LogP) is 4.05. The summed E-state index contributed by atoms with van der Waals surface area (Å²) in [5.74, 6) is -0.909. The molecule has 1 fully saturated rings. The molecule has 0 aliphatic heterocycles. The summed E-state index contributed by atoms with van der Waals surface area (Å²) in [5.41, 5.74) is 1.55. The van der Waals surface area contributed by atoms with Crippen molar-refractivity contribution in [2.45, 2.75) is 31.7 Å². The van der Waals surface area contributed by atoms with Crippen LogP contribution in [0.25, 0.3) is 5.65 Å². The van der Waals surface area contributed by atoms with Crippen LogP contribution in [-0.4, -0.2) is 27.2 Å². The Morgan fingerprint density at radius 2 is 1.93 bits per heavy atom. The number of benzene rings is 1. The molecule has 8 heteroatoms. The molecule has 4 rings (SSSR count). The number of fused-ring (bicyclic) bond motifs is 1. The Hall–Kier alpha value is -2.93. The zero-order valence-corrected chi connectivity index (χ0v) is 16.3. The molecule has 1 saturated carbocycles. The zero-order chi connectivity index (χ0) is 20.4. The largest absolute Gasteiger partial charge is 0.349 e. The van der Waals surface area contributed by atoms with E-state index in [9.17, 15) is 14.0 Å². The van der Waals surface area contributed by atoms with Crippen LogP contribution in [0, 0.1) is 11.7 Å². The highest BCUT2D eigenvalue weighted by molar-refractivity contribution is 6.33. The zero-order valence-electron chi connectivity index (χ0n) is 15.6. The van der Waals surface area contributed by atoms with Gasteiger partial charge in [0.15, 0.2) is 0 Å². The van der Waals surface area contributed by atoms with Crippen molar-refractivity contribution in [2.24, 2.45) is 5.92 Å². The topological polar surface area (TPSA) is 75.5 Å². The minimum Gasteiger partial charge on any atom is -0.349 e. The first-order valence-corrected chi connectivity index (χ1v) is 9.87. The molecule has 0 unspecified atom stereocenters. The lowest BCUT2D eigenvalue weighted by atomic mass is 9.85. The Balaban J connectivity index is 1.32. The first kappa shape index (κ1) is 19.4. The monoisotopic (exact) mass is 414 g/mol. The Bertz CT molecular complexity index is 1060. The summed E-state index contributed by atoms with van der Waals surface area (Å²) < 4.78 is 14.9.